The van der Waals surface area contributed by atoms with Crippen molar-refractivity contribution in [2.45, 2.75) is 164 Å². The molecular weight excluding hydrogens is 865 g/mol. The van der Waals surface area contributed by atoms with Crippen molar-refractivity contribution in [1.29, 1.82) is 0 Å². The van der Waals surface area contributed by atoms with E-state index < -0.39 is 14.0 Å². The molecule has 6 aromatic rings. The SMILES string of the molecule is CC1(C)CCc2c(C(=O)O)nn(COCC[Si](C)(C)C)c2C1.CCC(c1cnn(CC)c1)n1cc(N)cn1.CCC(c1cnn(CC)c1)n1cc(NC(=O)c2n[nH]c3c2CCC(C)(C)C3)cn1. The standard InChI is InChI=1S/C21H29N7O.C16H28N2O3Si.C11H17N5/c1-5-18(14-10-22-27(6-2)12-14)28-13-15(11-23-28)24-20(29)19-16-7-8-21(3,4)9-17(16)25-26-19;1-16(2)7-6-12-13(10-16)18(17-14(12)15(19)20)11-21-8-9-22(3,4)5;1-3-11(16-8-10(12)6-14-16)9-5-13-15(4-2)7-9/h10-13,18H,5-9H2,1-4H3,(H,24,29)(H,25,26);6-11H2,1-5H3,(H,19,20);5-8,11H,3-4,12H2,1-2H3. The highest BCUT2D eigenvalue weighted by molar-refractivity contribution is 6.76. The average Bonchev–Trinajstić information content (AvgIpc) is 4.14. The second-order valence-corrected chi connectivity index (χ2v) is 26.3. The Bertz CT molecular complexity index is 2570. The number of anilines is 2. The monoisotopic (exact) mass is 939 g/mol. The van der Waals surface area contributed by atoms with E-state index in [1.54, 1.807) is 17.1 Å². The molecule has 6 aromatic heterocycles. The zero-order valence-corrected chi connectivity index (χ0v) is 42.6. The van der Waals surface area contributed by atoms with Gasteiger partial charge in [-0.2, -0.15) is 30.6 Å². The first kappa shape index (κ1) is 50.6. The van der Waals surface area contributed by atoms with Gasteiger partial charge in [-0.15, -0.1) is 0 Å². The molecule has 0 radical (unpaired) electrons. The van der Waals surface area contributed by atoms with Crippen molar-refractivity contribution in [3.05, 3.63) is 94.6 Å². The molecule has 0 saturated heterocycles. The fraction of sp³-hybridized carbons (Fsp3) is 0.583. The Labute approximate surface area is 396 Å². The summed E-state index contributed by atoms with van der Waals surface area (Å²) in [5, 5.41) is 41.3. The molecule has 0 bridgehead atoms. The third-order valence-corrected chi connectivity index (χ3v) is 14.5. The van der Waals surface area contributed by atoms with Gasteiger partial charge in [-0.25, -0.2) is 9.48 Å². The third kappa shape index (κ3) is 13.0. The van der Waals surface area contributed by atoms with Gasteiger partial charge in [-0.05, 0) is 82.1 Å². The van der Waals surface area contributed by atoms with Crippen molar-refractivity contribution in [2.24, 2.45) is 10.8 Å². The van der Waals surface area contributed by atoms with Gasteiger partial charge in [-0.3, -0.25) is 28.6 Å². The lowest BCUT2D eigenvalue weighted by atomic mass is 9.76. The van der Waals surface area contributed by atoms with E-state index in [1.165, 1.54) is 5.56 Å². The van der Waals surface area contributed by atoms with Crippen LogP contribution in [0.1, 0.15) is 148 Å². The zero-order valence-electron chi connectivity index (χ0n) is 41.6. The van der Waals surface area contributed by atoms with E-state index >= 15 is 0 Å². The zero-order chi connectivity index (χ0) is 48.7. The lowest BCUT2D eigenvalue weighted by Crippen LogP contribution is -2.25. The molecule has 6 heterocycles. The highest BCUT2D eigenvalue weighted by atomic mass is 28.3. The molecule has 0 aliphatic heterocycles. The normalized spacial score (nSPS) is 15.9. The predicted molar refractivity (Wildman–Crippen MR) is 263 cm³/mol. The number of amides is 1. The molecular formula is C48H74N14O4Si. The first-order chi connectivity index (χ1) is 31.7. The van der Waals surface area contributed by atoms with Gasteiger partial charge in [0, 0.05) is 86.2 Å². The Morgan fingerprint density at radius 2 is 1.39 bits per heavy atom. The Kier molecular flexibility index (Phi) is 16.2. The number of nitrogens with zero attached hydrogens (tertiary/aromatic N) is 11. The van der Waals surface area contributed by atoms with Crippen molar-refractivity contribution in [2.75, 3.05) is 17.7 Å². The molecule has 8 rings (SSSR count). The number of nitrogens with two attached hydrogens (primary N) is 1. The van der Waals surface area contributed by atoms with Crippen molar-refractivity contribution in [3.8, 4) is 0 Å². The molecule has 2 unspecified atom stereocenters. The lowest BCUT2D eigenvalue weighted by Gasteiger charge is -2.30. The van der Waals surface area contributed by atoms with Crippen LogP contribution < -0.4 is 11.1 Å². The number of H-pyrrole nitrogens is 1. The Morgan fingerprint density at radius 1 is 0.806 bits per heavy atom. The average molecular weight is 939 g/mol. The minimum absolute atomic E-state index is 0.0846. The summed E-state index contributed by atoms with van der Waals surface area (Å²) in [7, 11) is -1.11. The molecule has 5 N–H and O–H groups in total. The summed E-state index contributed by atoms with van der Waals surface area (Å²) in [6.07, 6.45) is 22.3. The van der Waals surface area contributed by atoms with Crippen molar-refractivity contribution >= 4 is 31.3 Å². The first-order valence-corrected chi connectivity index (χ1v) is 27.6. The van der Waals surface area contributed by atoms with Crippen LogP contribution in [0.3, 0.4) is 0 Å². The molecule has 1 amide bonds. The molecule has 0 fully saturated rings. The van der Waals surface area contributed by atoms with Crippen LogP contribution in [0.5, 0.6) is 0 Å². The summed E-state index contributed by atoms with van der Waals surface area (Å²) < 4.78 is 15.1. The molecule has 2 aliphatic carbocycles. The maximum Gasteiger partial charge on any atom is 0.356 e. The molecule has 18 nitrogen and oxygen atoms in total. The van der Waals surface area contributed by atoms with Crippen molar-refractivity contribution in [1.82, 2.24) is 59.1 Å². The smallest absolute Gasteiger partial charge is 0.356 e. The second kappa shape index (κ2) is 21.4. The van der Waals surface area contributed by atoms with Gasteiger partial charge in [0.15, 0.2) is 11.4 Å². The molecule has 19 heteroatoms. The molecule has 0 spiro atoms. The van der Waals surface area contributed by atoms with Gasteiger partial charge < -0.3 is 20.9 Å². The molecule has 2 atom stereocenters. The molecule has 67 heavy (non-hydrogen) atoms. The maximum atomic E-state index is 12.8. The number of fused-ring (bicyclic) bond motifs is 2. The van der Waals surface area contributed by atoms with Crippen LogP contribution in [0.15, 0.2) is 49.6 Å². The van der Waals surface area contributed by atoms with E-state index in [-0.39, 0.29) is 34.5 Å². The number of aromatic nitrogens is 12. The largest absolute Gasteiger partial charge is 0.476 e. The number of aromatic carboxylic acids is 1. The van der Waals surface area contributed by atoms with Gasteiger partial charge in [0.25, 0.3) is 5.91 Å². The topological polar surface area (TPSA) is 219 Å². The van der Waals surface area contributed by atoms with Crippen LogP contribution in [0.25, 0.3) is 0 Å². The maximum absolute atomic E-state index is 12.8. The number of carbonyl (C=O) groups excluding carboxylic acids is 1. The van der Waals surface area contributed by atoms with Crippen LogP contribution in [-0.4, -0.2) is 90.8 Å². The van der Waals surface area contributed by atoms with Crippen LogP contribution in [0.2, 0.25) is 25.7 Å². The third-order valence-electron chi connectivity index (χ3n) is 12.8. The Balaban J connectivity index is 0.000000173. The number of ether oxygens (including phenoxy) is 1. The number of rotatable bonds is 16. The molecule has 364 valence electrons. The van der Waals surface area contributed by atoms with E-state index in [2.05, 4.69) is 122 Å². The fourth-order valence-corrected chi connectivity index (χ4v) is 9.49. The summed E-state index contributed by atoms with van der Waals surface area (Å²) in [5.74, 6) is -1.12. The number of carboxylic acids is 1. The lowest BCUT2D eigenvalue weighted by molar-refractivity contribution is 0.0667. The van der Waals surface area contributed by atoms with Crippen LogP contribution in [-0.2, 0) is 50.2 Å². The number of hydrogen-bond acceptors (Lipinski definition) is 10. The van der Waals surface area contributed by atoms with Crippen LogP contribution >= 0.6 is 0 Å². The number of hydrogen-bond donors (Lipinski definition) is 4. The van der Waals surface area contributed by atoms with Crippen LogP contribution in [0, 0.1) is 10.8 Å². The highest BCUT2D eigenvalue weighted by Crippen LogP contribution is 2.37. The minimum atomic E-state index is -1.11. The Morgan fingerprint density at radius 3 is 1.93 bits per heavy atom. The molecule has 0 saturated carbocycles. The van der Waals surface area contributed by atoms with E-state index in [1.807, 2.05) is 49.7 Å². The second-order valence-electron chi connectivity index (χ2n) is 20.7. The number of carbonyl (C=O) groups is 2. The summed E-state index contributed by atoms with van der Waals surface area (Å²) in [5.41, 5.74) is 14.6. The number of aromatic amines is 1. The van der Waals surface area contributed by atoms with Gasteiger partial charge in [0.1, 0.15) is 6.73 Å². The highest BCUT2D eigenvalue weighted by Gasteiger charge is 2.33. The summed E-state index contributed by atoms with van der Waals surface area (Å²) in [6, 6.07) is 1.41. The summed E-state index contributed by atoms with van der Waals surface area (Å²) in [4.78, 5) is 24.2. The van der Waals surface area contributed by atoms with Crippen LogP contribution in [0.4, 0.5) is 11.4 Å². The van der Waals surface area contributed by atoms with Crippen molar-refractivity contribution < 1.29 is 19.4 Å². The van der Waals surface area contributed by atoms with Gasteiger partial charge in [-0.1, -0.05) is 61.2 Å². The summed E-state index contributed by atoms with van der Waals surface area (Å²) in [6.45, 7) is 27.1. The molecule has 2 aliphatic rings. The quantitative estimate of drug-likeness (QED) is 0.0531. The van der Waals surface area contributed by atoms with E-state index in [0.29, 0.717) is 23.8 Å². The van der Waals surface area contributed by atoms with E-state index in [9.17, 15) is 14.7 Å². The number of nitrogen functional groups attached to an aromatic ring is 1. The summed E-state index contributed by atoms with van der Waals surface area (Å²) >= 11 is 0. The van der Waals surface area contributed by atoms with Gasteiger partial charge >= 0.3 is 5.97 Å². The Hall–Kier alpha value is -5.82. The van der Waals surface area contributed by atoms with E-state index in [0.717, 1.165) is 105 Å². The van der Waals surface area contributed by atoms with Gasteiger partial charge in [0.05, 0.1) is 48.2 Å². The number of carboxylic acid groups (broad SMARTS) is 1. The molecule has 0 aromatic carbocycles. The van der Waals surface area contributed by atoms with Gasteiger partial charge in [0.2, 0.25) is 0 Å². The fourth-order valence-electron chi connectivity index (χ4n) is 8.73. The predicted octanol–water partition coefficient (Wildman–Crippen LogP) is 8.68. The van der Waals surface area contributed by atoms with Crippen molar-refractivity contribution in [3.63, 3.8) is 0 Å². The minimum Gasteiger partial charge on any atom is -0.476 e. The number of aryl methyl sites for hydroxylation is 2. The van der Waals surface area contributed by atoms with E-state index in [4.69, 9.17) is 10.5 Å². The number of nitrogens with one attached hydrogen (secondary N) is 2. The first-order valence-electron chi connectivity index (χ1n) is 23.9.